The summed E-state index contributed by atoms with van der Waals surface area (Å²) >= 11 is 0. The lowest BCUT2D eigenvalue weighted by molar-refractivity contribution is 0.173. The standard InChI is InChI=1S/C15H34N4.HI/c1-7-8-10-17-15(16-6)18-11-9-12-19(13(2)3)14(4)5;/h13-14H,7-12H2,1-6H3,(H2,16,17,18);1H. The molecule has 20 heavy (non-hydrogen) atoms. The highest BCUT2D eigenvalue weighted by molar-refractivity contribution is 14.0. The summed E-state index contributed by atoms with van der Waals surface area (Å²) in [5.74, 6) is 0.925. The molecule has 0 aromatic rings. The molecule has 0 aliphatic rings. The lowest BCUT2D eigenvalue weighted by Gasteiger charge is -2.30. The van der Waals surface area contributed by atoms with Gasteiger partial charge in [-0.25, -0.2) is 0 Å². The highest BCUT2D eigenvalue weighted by Crippen LogP contribution is 2.05. The Labute approximate surface area is 143 Å². The lowest BCUT2D eigenvalue weighted by atomic mass is 10.2. The van der Waals surface area contributed by atoms with E-state index in [1.54, 1.807) is 0 Å². The molecular formula is C15H35IN4. The zero-order valence-electron chi connectivity index (χ0n) is 14.2. The van der Waals surface area contributed by atoms with E-state index in [2.05, 4.69) is 55.1 Å². The molecule has 5 heteroatoms. The van der Waals surface area contributed by atoms with Crippen molar-refractivity contribution in [1.82, 2.24) is 15.5 Å². The first-order valence-corrected chi connectivity index (χ1v) is 7.73. The van der Waals surface area contributed by atoms with E-state index in [0.29, 0.717) is 12.1 Å². The van der Waals surface area contributed by atoms with Gasteiger partial charge in [0.25, 0.3) is 0 Å². The predicted octanol–water partition coefficient (Wildman–Crippen LogP) is 3.08. The van der Waals surface area contributed by atoms with E-state index >= 15 is 0 Å². The van der Waals surface area contributed by atoms with Crippen molar-refractivity contribution in [3.05, 3.63) is 0 Å². The van der Waals surface area contributed by atoms with Crippen LogP contribution in [0, 0.1) is 0 Å². The summed E-state index contributed by atoms with van der Waals surface area (Å²) in [6, 6.07) is 1.23. The second kappa shape index (κ2) is 13.9. The van der Waals surface area contributed by atoms with Gasteiger partial charge in [0.1, 0.15) is 0 Å². The van der Waals surface area contributed by atoms with Crippen LogP contribution in [0.2, 0.25) is 0 Å². The summed E-state index contributed by atoms with van der Waals surface area (Å²) in [6.45, 7) is 14.4. The first kappa shape index (κ1) is 22.2. The average Bonchev–Trinajstić information content (AvgIpc) is 2.35. The monoisotopic (exact) mass is 398 g/mol. The fraction of sp³-hybridized carbons (Fsp3) is 0.933. The van der Waals surface area contributed by atoms with Crippen molar-refractivity contribution < 1.29 is 0 Å². The van der Waals surface area contributed by atoms with Crippen molar-refractivity contribution in [1.29, 1.82) is 0 Å². The summed E-state index contributed by atoms with van der Waals surface area (Å²) < 4.78 is 0. The summed E-state index contributed by atoms with van der Waals surface area (Å²) in [5, 5.41) is 6.70. The van der Waals surface area contributed by atoms with Gasteiger partial charge in [0.05, 0.1) is 0 Å². The predicted molar refractivity (Wildman–Crippen MR) is 101 cm³/mol. The third kappa shape index (κ3) is 10.7. The second-order valence-electron chi connectivity index (χ2n) is 5.56. The number of aliphatic imine (C=N–C) groups is 1. The molecule has 0 heterocycles. The molecule has 0 aromatic carbocycles. The van der Waals surface area contributed by atoms with Crippen LogP contribution in [0.4, 0.5) is 0 Å². The first-order valence-electron chi connectivity index (χ1n) is 7.73. The molecule has 0 bridgehead atoms. The molecule has 0 radical (unpaired) electrons. The minimum atomic E-state index is 0. The van der Waals surface area contributed by atoms with E-state index in [1.807, 2.05) is 7.05 Å². The molecule has 0 aliphatic heterocycles. The molecule has 0 aromatic heterocycles. The summed E-state index contributed by atoms with van der Waals surface area (Å²) in [6.07, 6.45) is 3.54. The third-order valence-corrected chi connectivity index (χ3v) is 3.26. The Bertz CT molecular complexity index is 234. The van der Waals surface area contributed by atoms with Gasteiger partial charge in [-0.1, -0.05) is 13.3 Å². The molecule has 0 rings (SSSR count). The van der Waals surface area contributed by atoms with E-state index in [-0.39, 0.29) is 24.0 Å². The smallest absolute Gasteiger partial charge is 0.190 e. The van der Waals surface area contributed by atoms with Crippen LogP contribution in [-0.2, 0) is 0 Å². The van der Waals surface area contributed by atoms with E-state index in [9.17, 15) is 0 Å². The largest absolute Gasteiger partial charge is 0.356 e. The van der Waals surface area contributed by atoms with Crippen LogP contribution in [0.15, 0.2) is 4.99 Å². The Morgan fingerprint density at radius 3 is 1.90 bits per heavy atom. The van der Waals surface area contributed by atoms with Gasteiger partial charge in [-0.05, 0) is 40.5 Å². The molecule has 0 unspecified atom stereocenters. The first-order chi connectivity index (χ1) is 9.02. The van der Waals surface area contributed by atoms with E-state index < -0.39 is 0 Å². The summed E-state index contributed by atoms with van der Waals surface area (Å²) in [7, 11) is 1.83. The van der Waals surface area contributed by atoms with Crippen molar-refractivity contribution in [3.8, 4) is 0 Å². The number of nitrogens with zero attached hydrogens (tertiary/aromatic N) is 2. The Morgan fingerprint density at radius 2 is 1.50 bits per heavy atom. The van der Waals surface area contributed by atoms with Crippen LogP contribution < -0.4 is 10.6 Å². The molecule has 122 valence electrons. The van der Waals surface area contributed by atoms with Crippen LogP contribution in [0.3, 0.4) is 0 Å². The molecule has 0 aliphatic carbocycles. The highest BCUT2D eigenvalue weighted by Gasteiger charge is 2.12. The molecule has 4 nitrogen and oxygen atoms in total. The molecular weight excluding hydrogens is 363 g/mol. The molecule has 2 N–H and O–H groups in total. The zero-order valence-corrected chi connectivity index (χ0v) is 16.5. The Hall–Kier alpha value is -0.0400. The number of guanidine groups is 1. The van der Waals surface area contributed by atoms with Crippen LogP contribution in [0.25, 0.3) is 0 Å². The topological polar surface area (TPSA) is 39.7 Å². The number of halogens is 1. The molecule has 0 amide bonds. The Morgan fingerprint density at radius 1 is 1.00 bits per heavy atom. The van der Waals surface area contributed by atoms with Crippen LogP contribution in [0.1, 0.15) is 53.9 Å². The SMILES string of the molecule is CCCCNC(=NC)NCCCN(C(C)C)C(C)C.I. The van der Waals surface area contributed by atoms with Crippen LogP contribution in [-0.4, -0.2) is 49.6 Å². The minimum Gasteiger partial charge on any atom is -0.356 e. The third-order valence-electron chi connectivity index (χ3n) is 3.26. The summed E-state index contributed by atoms with van der Waals surface area (Å²) in [4.78, 5) is 6.75. The van der Waals surface area contributed by atoms with Gasteiger partial charge in [-0.15, -0.1) is 24.0 Å². The number of hydrogen-bond acceptors (Lipinski definition) is 2. The fourth-order valence-corrected chi connectivity index (χ4v) is 2.19. The van der Waals surface area contributed by atoms with Gasteiger partial charge in [0.15, 0.2) is 5.96 Å². The molecule has 0 fully saturated rings. The molecule has 0 atom stereocenters. The average molecular weight is 398 g/mol. The second-order valence-corrected chi connectivity index (χ2v) is 5.56. The van der Waals surface area contributed by atoms with Crippen molar-refractivity contribution in [3.63, 3.8) is 0 Å². The molecule has 0 saturated heterocycles. The molecule has 0 spiro atoms. The number of hydrogen-bond donors (Lipinski definition) is 2. The van der Waals surface area contributed by atoms with Gasteiger partial charge < -0.3 is 10.6 Å². The number of nitrogens with one attached hydrogen (secondary N) is 2. The van der Waals surface area contributed by atoms with Gasteiger partial charge in [0.2, 0.25) is 0 Å². The van der Waals surface area contributed by atoms with Crippen molar-refractivity contribution >= 4 is 29.9 Å². The fourth-order valence-electron chi connectivity index (χ4n) is 2.19. The van der Waals surface area contributed by atoms with E-state index in [4.69, 9.17) is 0 Å². The van der Waals surface area contributed by atoms with Crippen molar-refractivity contribution in [2.75, 3.05) is 26.7 Å². The molecule has 0 saturated carbocycles. The zero-order chi connectivity index (χ0) is 14.7. The Kier molecular flexibility index (Phi) is 15.5. The van der Waals surface area contributed by atoms with Crippen molar-refractivity contribution in [2.45, 2.75) is 66.0 Å². The van der Waals surface area contributed by atoms with Crippen molar-refractivity contribution in [2.24, 2.45) is 4.99 Å². The number of unbranched alkanes of at least 4 members (excludes halogenated alkanes) is 1. The Balaban J connectivity index is 0. The van der Waals surface area contributed by atoms with Gasteiger partial charge in [-0.2, -0.15) is 0 Å². The lowest BCUT2D eigenvalue weighted by Crippen LogP contribution is -2.41. The maximum Gasteiger partial charge on any atom is 0.190 e. The van der Waals surface area contributed by atoms with Gasteiger partial charge in [-0.3, -0.25) is 9.89 Å². The number of rotatable bonds is 9. The maximum absolute atomic E-state index is 4.23. The van der Waals surface area contributed by atoms with Gasteiger partial charge >= 0.3 is 0 Å². The van der Waals surface area contributed by atoms with E-state index in [1.165, 1.54) is 12.8 Å². The van der Waals surface area contributed by atoms with Gasteiger partial charge in [0, 0.05) is 38.8 Å². The quantitative estimate of drug-likeness (QED) is 0.271. The minimum absolute atomic E-state index is 0. The summed E-state index contributed by atoms with van der Waals surface area (Å²) in [5.41, 5.74) is 0. The van der Waals surface area contributed by atoms with E-state index in [0.717, 1.165) is 32.0 Å². The van der Waals surface area contributed by atoms with Crippen LogP contribution >= 0.6 is 24.0 Å². The highest BCUT2D eigenvalue weighted by atomic mass is 127. The maximum atomic E-state index is 4.23. The van der Waals surface area contributed by atoms with Crippen LogP contribution in [0.5, 0.6) is 0 Å². The normalized spacial score (nSPS) is 11.9.